The van der Waals surface area contributed by atoms with Crippen molar-refractivity contribution in [2.45, 2.75) is 6.42 Å². The second-order valence-corrected chi connectivity index (χ2v) is 3.26. The van der Waals surface area contributed by atoms with E-state index in [1.54, 1.807) is 12.3 Å². The summed E-state index contributed by atoms with van der Waals surface area (Å²) in [6.07, 6.45) is 6.76. The minimum Gasteiger partial charge on any atom is -0.245 e. The summed E-state index contributed by atoms with van der Waals surface area (Å²) in [4.78, 5) is 3.95. The van der Waals surface area contributed by atoms with Crippen molar-refractivity contribution in [1.82, 2.24) is 4.98 Å². The summed E-state index contributed by atoms with van der Waals surface area (Å²) in [6.45, 7) is 0. The first kappa shape index (κ1) is 9.94. The molecule has 0 atom stereocenters. The average molecular weight is 237 g/mol. The van der Waals surface area contributed by atoms with E-state index in [9.17, 15) is 0 Å². The van der Waals surface area contributed by atoms with Gasteiger partial charge in [0.15, 0.2) is 0 Å². The monoisotopic (exact) mass is 236 g/mol. The molecular weight excluding hydrogens is 228 g/mol. The van der Waals surface area contributed by atoms with Crippen LogP contribution in [0.25, 0.3) is 6.08 Å². The quantitative estimate of drug-likeness (QED) is 0.758. The second kappa shape index (κ2) is 5.50. The Morgan fingerprint density at radius 3 is 2.92 bits per heavy atom. The third kappa shape index (κ3) is 3.39. The first-order valence-corrected chi connectivity index (χ1v) is 5.07. The van der Waals surface area contributed by atoms with Gasteiger partial charge in [0, 0.05) is 11.5 Å². The third-order valence-corrected chi connectivity index (χ3v) is 1.94. The number of hydrogen-bond acceptors (Lipinski definition) is 2. The van der Waals surface area contributed by atoms with E-state index in [4.69, 9.17) is 5.26 Å². The maximum absolute atomic E-state index is 8.51. The first-order valence-electron chi connectivity index (χ1n) is 3.95. The molecule has 0 unspecified atom stereocenters. The Kier molecular flexibility index (Phi) is 4.20. The molecule has 1 aromatic rings. The number of pyridine rings is 1. The van der Waals surface area contributed by atoms with Crippen molar-refractivity contribution in [2.24, 2.45) is 0 Å². The molecule has 0 spiro atoms. The number of aromatic nitrogens is 1. The predicted molar refractivity (Wildman–Crippen MR) is 56.4 cm³/mol. The van der Waals surface area contributed by atoms with Gasteiger partial charge in [-0.05, 0) is 18.1 Å². The van der Waals surface area contributed by atoms with Crippen LogP contribution in [0.3, 0.4) is 0 Å². The van der Waals surface area contributed by atoms with Gasteiger partial charge >= 0.3 is 0 Å². The molecule has 0 bridgehead atoms. The zero-order valence-corrected chi connectivity index (χ0v) is 8.66. The molecule has 3 heteroatoms. The molecule has 0 aliphatic rings. The van der Waals surface area contributed by atoms with Gasteiger partial charge in [-0.1, -0.05) is 34.1 Å². The maximum Gasteiger partial charge on any atom is 0.140 e. The van der Waals surface area contributed by atoms with Crippen LogP contribution in [0.4, 0.5) is 0 Å². The number of alkyl halides is 1. The lowest BCUT2D eigenvalue weighted by Gasteiger charge is -1.91. The smallest absolute Gasteiger partial charge is 0.140 e. The van der Waals surface area contributed by atoms with Crippen LogP contribution in [0, 0.1) is 11.3 Å². The molecule has 1 heterocycles. The topological polar surface area (TPSA) is 36.7 Å². The van der Waals surface area contributed by atoms with Crippen LogP contribution in [-0.4, -0.2) is 10.3 Å². The van der Waals surface area contributed by atoms with E-state index in [0.717, 1.165) is 17.3 Å². The molecule has 0 aromatic carbocycles. The molecule has 0 aliphatic heterocycles. The van der Waals surface area contributed by atoms with Crippen LogP contribution in [0.5, 0.6) is 0 Å². The van der Waals surface area contributed by atoms with Gasteiger partial charge in [-0.15, -0.1) is 0 Å². The second-order valence-electron chi connectivity index (χ2n) is 2.47. The van der Waals surface area contributed by atoms with E-state index in [1.165, 1.54) is 0 Å². The fourth-order valence-corrected chi connectivity index (χ4v) is 1.12. The Morgan fingerprint density at radius 2 is 2.38 bits per heavy atom. The molecule has 13 heavy (non-hydrogen) atoms. The molecule has 0 saturated heterocycles. The number of nitriles is 1. The standard InChI is InChI=1S/C10H9BrN2/c11-6-2-1-3-9-4-5-10(7-12)13-8-9/h1,3-5,8H,2,6H2. The lowest BCUT2D eigenvalue weighted by molar-refractivity contribution is 1.24. The molecule has 66 valence electrons. The zero-order valence-electron chi connectivity index (χ0n) is 7.07. The number of nitrogens with zero attached hydrogens (tertiary/aromatic N) is 2. The van der Waals surface area contributed by atoms with E-state index in [0.29, 0.717) is 5.69 Å². The molecule has 2 nitrogen and oxygen atoms in total. The Hall–Kier alpha value is -1.14. The minimum atomic E-state index is 0.456. The summed E-state index contributed by atoms with van der Waals surface area (Å²) < 4.78 is 0. The number of rotatable bonds is 3. The van der Waals surface area contributed by atoms with Gasteiger partial charge < -0.3 is 0 Å². The fraction of sp³-hybridized carbons (Fsp3) is 0.200. The summed E-state index contributed by atoms with van der Waals surface area (Å²) in [5.74, 6) is 0. The highest BCUT2D eigenvalue weighted by Crippen LogP contribution is 2.02. The lowest BCUT2D eigenvalue weighted by Crippen LogP contribution is -1.81. The zero-order chi connectivity index (χ0) is 9.52. The molecular formula is C10H9BrN2. The highest BCUT2D eigenvalue weighted by molar-refractivity contribution is 9.09. The Labute approximate surface area is 86.0 Å². The van der Waals surface area contributed by atoms with E-state index < -0.39 is 0 Å². The summed E-state index contributed by atoms with van der Waals surface area (Å²) in [7, 11) is 0. The Bertz CT molecular complexity index is 322. The van der Waals surface area contributed by atoms with Crippen LogP contribution in [0.1, 0.15) is 17.7 Å². The molecule has 1 rings (SSSR count). The maximum atomic E-state index is 8.51. The van der Waals surface area contributed by atoms with Crippen molar-refractivity contribution >= 4 is 22.0 Å². The molecule has 0 fully saturated rings. The highest BCUT2D eigenvalue weighted by Gasteiger charge is 1.89. The van der Waals surface area contributed by atoms with Crippen molar-refractivity contribution in [3.8, 4) is 6.07 Å². The molecule has 0 amide bonds. The van der Waals surface area contributed by atoms with Crippen LogP contribution < -0.4 is 0 Å². The van der Waals surface area contributed by atoms with Crippen molar-refractivity contribution in [2.75, 3.05) is 5.33 Å². The number of hydrogen-bond donors (Lipinski definition) is 0. The minimum absolute atomic E-state index is 0.456. The molecule has 0 aliphatic carbocycles. The van der Waals surface area contributed by atoms with Crippen molar-refractivity contribution in [3.05, 3.63) is 35.7 Å². The fourth-order valence-electron chi connectivity index (χ4n) is 0.852. The largest absolute Gasteiger partial charge is 0.245 e. The normalized spacial score (nSPS) is 10.2. The van der Waals surface area contributed by atoms with Gasteiger partial charge in [0.1, 0.15) is 11.8 Å². The van der Waals surface area contributed by atoms with Gasteiger partial charge in [0.25, 0.3) is 0 Å². The SMILES string of the molecule is N#Cc1ccc(C=CCCBr)cn1. The first-order chi connectivity index (χ1) is 6.36. The van der Waals surface area contributed by atoms with Crippen LogP contribution in [-0.2, 0) is 0 Å². The van der Waals surface area contributed by atoms with Gasteiger partial charge in [0.05, 0.1) is 0 Å². The van der Waals surface area contributed by atoms with Gasteiger partial charge in [-0.25, -0.2) is 4.98 Å². The third-order valence-electron chi connectivity index (χ3n) is 1.49. The summed E-state index contributed by atoms with van der Waals surface area (Å²) in [6, 6.07) is 5.58. The summed E-state index contributed by atoms with van der Waals surface area (Å²) >= 11 is 3.34. The molecule has 0 N–H and O–H groups in total. The average Bonchev–Trinajstić information content (AvgIpc) is 2.19. The van der Waals surface area contributed by atoms with Crippen LogP contribution in [0.15, 0.2) is 24.4 Å². The van der Waals surface area contributed by atoms with Crippen molar-refractivity contribution in [1.29, 1.82) is 5.26 Å². The number of halogens is 1. The van der Waals surface area contributed by atoms with Gasteiger partial charge in [0.2, 0.25) is 0 Å². The van der Waals surface area contributed by atoms with E-state index in [1.807, 2.05) is 18.2 Å². The van der Waals surface area contributed by atoms with Crippen LogP contribution in [0.2, 0.25) is 0 Å². The van der Waals surface area contributed by atoms with Crippen molar-refractivity contribution in [3.63, 3.8) is 0 Å². The Morgan fingerprint density at radius 1 is 1.54 bits per heavy atom. The molecule has 1 aromatic heterocycles. The molecule has 0 saturated carbocycles. The van der Waals surface area contributed by atoms with E-state index in [2.05, 4.69) is 27.0 Å². The van der Waals surface area contributed by atoms with Gasteiger partial charge in [-0.3, -0.25) is 0 Å². The lowest BCUT2D eigenvalue weighted by atomic mass is 10.2. The predicted octanol–water partition coefficient (Wildman–Crippen LogP) is 2.75. The van der Waals surface area contributed by atoms with Crippen molar-refractivity contribution < 1.29 is 0 Å². The van der Waals surface area contributed by atoms with Crippen LogP contribution >= 0.6 is 15.9 Å². The highest BCUT2D eigenvalue weighted by atomic mass is 79.9. The van der Waals surface area contributed by atoms with E-state index in [-0.39, 0.29) is 0 Å². The Balaban J connectivity index is 2.65. The van der Waals surface area contributed by atoms with E-state index >= 15 is 0 Å². The summed E-state index contributed by atoms with van der Waals surface area (Å²) in [5, 5.41) is 9.47. The van der Waals surface area contributed by atoms with Gasteiger partial charge in [-0.2, -0.15) is 5.26 Å². The summed E-state index contributed by atoms with van der Waals surface area (Å²) in [5.41, 5.74) is 1.48. The molecule has 0 radical (unpaired) electrons. The number of allylic oxidation sites excluding steroid dienone is 1.